The van der Waals surface area contributed by atoms with E-state index in [0.29, 0.717) is 24.1 Å². The van der Waals surface area contributed by atoms with Crippen LogP contribution in [-0.2, 0) is 17.6 Å². The van der Waals surface area contributed by atoms with E-state index in [0.717, 1.165) is 34.1 Å². The van der Waals surface area contributed by atoms with Crippen LogP contribution in [0.3, 0.4) is 0 Å². The summed E-state index contributed by atoms with van der Waals surface area (Å²) < 4.78 is 1.67. The number of carbonyl (C=O) groups excluding carboxylic acids is 1. The first kappa shape index (κ1) is 19.0. The Balaban J connectivity index is 1.69. The molecular weight excluding hydrogens is 360 g/mol. The van der Waals surface area contributed by atoms with Gasteiger partial charge in [-0.2, -0.15) is 10.4 Å². The number of aromatic nitrogens is 4. The molecule has 0 aliphatic heterocycles. The monoisotopic (exact) mass is 382 g/mol. The minimum absolute atomic E-state index is 0.0226. The molecule has 0 spiro atoms. The normalized spacial score (nSPS) is 12.1. The van der Waals surface area contributed by atoms with Gasteiger partial charge in [-0.25, -0.2) is 14.5 Å². The second-order valence-electron chi connectivity index (χ2n) is 6.48. The molecule has 3 heterocycles. The van der Waals surface area contributed by atoms with Gasteiger partial charge in [-0.3, -0.25) is 4.79 Å². The number of hydrogen-bond donors (Lipinski definition) is 1. The molecule has 0 bridgehead atoms. The third kappa shape index (κ3) is 3.83. The number of amides is 1. The molecule has 1 N–H and O–H groups in total. The highest BCUT2D eigenvalue weighted by Crippen LogP contribution is 2.19. The van der Waals surface area contributed by atoms with E-state index in [1.165, 1.54) is 6.20 Å². The van der Waals surface area contributed by atoms with Crippen molar-refractivity contribution in [2.45, 2.75) is 53.0 Å². The van der Waals surface area contributed by atoms with Crippen molar-refractivity contribution in [1.29, 1.82) is 5.26 Å². The molecule has 0 aromatic carbocycles. The first-order chi connectivity index (χ1) is 12.9. The predicted octanol–water partition coefficient (Wildman–Crippen LogP) is 3.05. The first-order valence-corrected chi connectivity index (χ1v) is 9.80. The summed E-state index contributed by atoms with van der Waals surface area (Å²) in [6, 6.07) is 1.99. The van der Waals surface area contributed by atoms with Gasteiger partial charge in [0.1, 0.15) is 11.6 Å². The van der Waals surface area contributed by atoms with Crippen molar-refractivity contribution >= 4 is 22.9 Å². The number of aryl methyl sites for hydroxylation is 3. The van der Waals surface area contributed by atoms with Gasteiger partial charge in [0.05, 0.1) is 22.9 Å². The molecule has 0 fully saturated rings. The maximum absolute atomic E-state index is 12.4. The second kappa shape index (κ2) is 7.84. The largest absolute Gasteiger partial charge is 0.348 e. The minimum Gasteiger partial charge on any atom is -0.348 e. The Morgan fingerprint density at radius 1 is 1.41 bits per heavy atom. The molecule has 0 radical (unpaired) electrons. The zero-order valence-corrected chi connectivity index (χ0v) is 16.7. The maximum atomic E-state index is 12.4. The summed E-state index contributed by atoms with van der Waals surface area (Å²) in [5.41, 5.74) is 4.64. The van der Waals surface area contributed by atoms with Crippen LogP contribution in [0.15, 0.2) is 11.6 Å². The van der Waals surface area contributed by atoms with Crippen LogP contribution in [0.2, 0.25) is 0 Å². The summed E-state index contributed by atoms with van der Waals surface area (Å²) in [5, 5.41) is 19.5. The van der Waals surface area contributed by atoms with Crippen molar-refractivity contribution in [3.05, 3.63) is 44.8 Å². The van der Waals surface area contributed by atoms with Crippen LogP contribution in [0.25, 0.3) is 5.65 Å². The number of hydrogen-bond acceptors (Lipinski definition) is 6. The van der Waals surface area contributed by atoms with Crippen LogP contribution in [0.5, 0.6) is 0 Å². The van der Waals surface area contributed by atoms with Gasteiger partial charge < -0.3 is 5.32 Å². The SMILES string of the molecule is CCc1nc(C(C)NC(=O)CCc2c(C)nc3c(C#N)cnn3c2C)cs1. The van der Waals surface area contributed by atoms with Crippen molar-refractivity contribution in [3.63, 3.8) is 0 Å². The Hall–Kier alpha value is -2.79. The quantitative estimate of drug-likeness (QED) is 0.707. The smallest absolute Gasteiger partial charge is 0.220 e. The number of nitriles is 1. The van der Waals surface area contributed by atoms with E-state index >= 15 is 0 Å². The molecule has 0 aliphatic rings. The van der Waals surface area contributed by atoms with E-state index in [-0.39, 0.29) is 11.9 Å². The topological polar surface area (TPSA) is 96.0 Å². The Morgan fingerprint density at radius 2 is 2.19 bits per heavy atom. The molecule has 0 aliphatic carbocycles. The van der Waals surface area contributed by atoms with Crippen molar-refractivity contribution in [1.82, 2.24) is 24.9 Å². The fraction of sp³-hybridized carbons (Fsp3) is 0.421. The number of carbonyl (C=O) groups is 1. The van der Waals surface area contributed by atoms with Crippen molar-refractivity contribution in [3.8, 4) is 6.07 Å². The highest BCUT2D eigenvalue weighted by molar-refractivity contribution is 7.09. The van der Waals surface area contributed by atoms with Gasteiger partial charge in [0.25, 0.3) is 0 Å². The lowest BCUT2D eigenvalue weighted by Crippen LogP contribution is -2.27. The summed E-state index contributed by atoms with van der Waals surface area (Å²) in [5.74, 6) is -0.0226. The summed E-state index contributed by atoms with van der Waals surface area (Å²) >= 11 is 1.62. The van der Waals surface area contributed by atoms with E-state index in [2.05, 4.69) is 33.4 Å². The van der Waals surface area contributed by atoms with Crippen molar-refractivity contribution in [2.75, 3.05) is 0 Å². The van der Waals surface area contributed by atoms with Gasteiger partial charge in [-0.05, 0) is 39.2 Å². The Morgan fingerprint density at radius 3 is 2.85 bits per heavy atom. The average Bonchev–Trinajstić information content (AvgIpc) is 3.28. The lowest BCUT2D eigenvalue weighted by atomic mass is 10.1. The fourth-order valence-electron chi connectivity index (χ4n) is 3.06. The number of thiazole rings is 1. The van der Waals surface area contributed by atoms with Crippen molar-refractivity contribution < 1.29 is 4.79 Å². The van der Waals surface area contributed by atoms with Crippen LogP contribution in [0.4, 0.5) is 0 Å². The van der Waals surface area contributed by atoms with E-state index < -0.39 is 0 Å². The highest BCUT2D eigenvalue weighted by atomic mass is 32.1. The van der Waals surface area contributed by atoms with Gasteiger partial charge >= 0.3 is 0 Å². The summed E-state index contributed by atoms with van der Waals surface area (Å²) in [4.78, 5) is 21.4. The van der Waals surface area contributed by atoms with Crippen LogP contribution in [-0.4, -0.2) is 25.5 Å². The van der Waals surface area contributed by atoms with Crippen LogP contribution < -0.4 is 5.32 Å². The first-order valence-electron chi connectivity index (χ1n) is 8.92. The lowest BCUT2D eigenvalue weighted by molar-refractivity contribution is -0.121. The van der Waals surface area contributed by atoms with Crippen LogP contribution >= 0.6 is 11.3 Å². The van der Waals surface area contributed by atoms with Gasteiger partial charge in [-0.15, -0.1) is 11.3 Å². The average molecular weight is 382 g/mol. The zero-order valence-electron chi connectivity index (χ0n) is 15.9. The molecule has 0 saturated carbocycles. The Kier molecular flexibility index (Phi) is 5.51. The Bertz CT molecular complexity index is 1030. The lowest BCUT2D eigenvalue weighted by Gasteiger charge is -2.13. The molecule has 140 valence electrons. The minimum atomic E-state index is -0.110. The molecule has 3 rings (SSSR count). The number of fused-ring (bicyclic) bond motifs is 1. The number of nitrogens with zero attached hydrogens (tertiary/aromatic N) is 5. The Labute approximate surface area is 162 Å². The fourth-order valence-corrected chi connectivity index (χ4v) is 3.90. The van der Waals surface area contributed by atoms with Crippen molar-refractivity contribution in [2.24, 2.45) is 0 Å². The number of rotatable bonds is 6. The molecule has 3 aromatic rings. The molecule has 1 atom stereocenters. The predicted molar refractivity (Wildman–Crippen MR) is 104 cm³/mol. The molecule has 0 saturated heterocycles. The maximum Gasteiger partial charge on any atom is 0.220 e. The van der Waals surface area contributed by atoms with Gasteiger partial charge in [0.15, 0.2) is 5.65 Å². The standard InChI is InChI=1S/C19H22N6OS/c1-5-18-24-16(10-27-18)12(3)22-17(26)7-6-15-11(2)23-19-14(8-20)9-21-25(19)13(15)4/h9-10,12H,5-7H2,1-4H3,(H,22,26). The second-order valence-corrected chi connectivity index (χ2v) is 7.42. The van der Waals surface area contributed by atoms with E-state index in [1.807, 2.05) is 26.2 Å². The molecular formula is C19H22N6OS. The van der Waals surface area contributed by atoms with Gasteiger partial charge in [-0.1, -0.05) is 6.92 Å². The molecule has 1 amide bonds. The van der Waals surface area contributed by atoms with Crippen LogP contribution in [0, 0.1) is 25.2 Å². The molecule has 7 nitrogen and oxygen atoms in total. The van der Waals surface area contributed by atoms with Crippen LogP contribution in [0.1, 0.15) is 59.5 Å². The summed E-state index contributed by atoms with van der Waals surface area (Å²) in [6.45, 7) is 7.86. The molecule has 27 heavy (non-hydrogen) atoms. The van der Waals surface area contributed by atoms with E-state index in [4.69, 9.17) is 5.26 Å². The molecule has 1 unspecified atom stereocenters. The molecule has 3 aromatic heterocycles. The third-order valence-electron chi connectivity index (χ3n) is 4.62. The van der Waals surface area contributed by atoms with E-state index in [9.17, 15) is 4.79 Å². The summed E-state index contributed by atoms with van der Waals surface area (Å²) in [6.07, 6.45) is 3.35. The summed E-state index contributed by atoms with van der Waals surface area (Å²) in [7, 11) is 0. The van der Waals surface area contributed by atoms with E-state index in [1.54, 1.807) is 15.9 Å². The third-order valence-corrected chi connectivity index (χ3v) is 5.64. The van der Waals surface area contributed by atoms with Gasteiger partial charge in [0.2, 0.25) is 5.91 Å². The zero-order chi connectivity index (χ0) is 19.6. The highest BCUT2D eigenvalue weighted by Gasteiger charge is 2.16. The molecule has 8 heteroatoms. The van der Waals surface area contributed by atoms with Gasteiger partial charge in [0, 0.05) is 23.2 Å². The number of nitrogens with one attached hydrogen (secondary N) is 1.